The molecule has 0 saturated heterocycles. The Morgan fingerprint density at radius 1 is 1.10 bits per heavy atom. The van der Waals surface area contributed by atoms with Crippen molar-refractivity contribution in [1.82, 2.24) is 0 Å². The number of unbranched alkanes of at least 4 members (excludes halogenated alkanes) is 2. The van der Waals surface area contributed by atoms with Crippen LogP contribution >= 0.6 is 0 Å². The molecule has 0 aliphatic rings. The summed E-state index contributed by atoms with van der Waals surface area (Å²) in [5.41, 5.74) is 1.13. The molecule has 0 heterocycles. The van der Waals surface area contributed by atoms with Crippen molar-refractivity contribution >= 4 is 5.71 Å². The molecule has 0 spiro atoms. The van der Waals surface area contributed by atoms with Crippen molar-refractivity contribution in [3.05, 3.63) is 0 Å². The average Bonchev–Trinajstić information content (AvgIpc) is 1.91. The van der Waals surface area contributed by atoms with Crippen LogP contribution in [0.5, 0.6) is 0 Å². The Morgan fingerprint density at radius 2 is 1.40 bits per heavy atom. The summed E-state index contributed by atoms with van der Waals surface area (Å²) in [6.07, 6.45) is 4.08. The lowest BCUT2D eigenvalue weighted by Gasteiger charge is -1.79. The van der Waals surface area contributed by atoms with E-state index < -0.39 is 0 Å². The summed E-state index contributed by atoms with van der Waals surface area (Å²) in [5, 5.41) is 0. The van der Waals surface area contributed by atoms with E-state index in [4.69, 9.17) is 0 Å². The van der Waals surface area contributed by atoms with E-state index in [0.29, 0.717) is 0 Å². The molecule has 10 heavy (non-hydrogen) atoms. The monoisotopic (exact) mass is 143 g/mol. The van der Waals surface area contributed by atoms with Crippen LogP contribution in [0.2, 0.25) is 0 Å². The van der Waals surface area contributed by atoms with Crippen molar-refractivity contribution in [3.63, 3.8) is 0 Å². The van der Waals surface area contributed by atoms with Gasteiger partial charge in [0.2, 0.25) is 0 Å². The first-order valence-electron chi connectivity index (χ1n) is 4.09. The summed E-state index contributed by atoms with van der Waals surface area (Å²) in [4.78, 5) is 3.81. The first-order chi connectivity index (χ1) is 4.68. The Hall–Kier alpha value is -0.330. The van der Waals surface area contributed by atoms with E-state index >= 15 is 0 Å². The van der Waals surface area contributed by atoms with Crippen LogP contribution in [0, 0.1) is 0 Å². The van der Waals surface area contributed by atoms with Gasteiger partial charge in [0.1, 0.15) is 0 Å². The number of nitrogens with zero attached hydrogens (tertiary/aromatic N) is 1. The predicted molar refractivity (Wildman–Crippen MR) is 49.9 cm³/mol. The van der Waals surface area contributed by atoms with Crippen LogP contribution in [-0.2, 0) is 0 Å². The van der Waals surface area contributed by atoms with Gasteiger partial charge in [-0.25, -0.2) is 0 Å². The maximum atomic E-state index is 3.81. The lowest BCUT2D eigenvalue weighted by molar-refractivity contribution is 0.772. The smallest absolute Gasteiger partial charge is 0.0276 e. The SMILES string of the molecule is CCCCC.CN=C(C)C. The Labute approximate surface area is 65.6 Å². The minimum atomic E-state index is 1.13. The van der Waals surface area contributed by atoms with E-state index in [9.17, 15) is 0 Å². The molecule has 0 bridgehead atoms. The highest BCUT2D eigenvalue weighted by Gasteiger charge is 1.68. The number of rotatable bonds is 2. The third-order valence-corrected chi connectivity index (χ3v) is 1.15. The van der Waals surface area contributed by atoms with Crippen LogP contribution < -0.4 is 0 Å². The van der Waals surface area contributed by atoms with Crippen molar-refractivity contribution in [2.45, 2.75) is 47.0 Å². The predicted octanol–water partition coefficient (Wildman–Crippen LogP) is 3.29. The second kappa shape index (κ2) is 11.5. The second-order valence-corrected chi connectivity index (χ2v) is 2.52. The highest BCUT2D eigenvalue weighted by molar-refractivity contribution is 5.78. The average molecular weight is 143 g/mol. The summed E-state index contributed by atoms with van der Waals surface area (Å²) in [7, 11) is 1.79. The van der Waals surface area contributed by atoms with E-state index in [-0.39, 0.29) is 0 Å². The molecular formula is C9H21N. The highest BCUT2D eigenvalue weighted by Crippen LogP contribution is 1.88. The van der Waals surface area contributed by atoms with Gasteiger partial charge < -0.3 is 0 Å². The molecule has 0 N–H and O–H groups in total. The van der Waals surface area contributed by atoms with Crippen molar-refractivity contribution in [1.29, 1.82) is 0 Å². The molecule has 1 heteroatoms. The number of aliphatic imine (C=N–C) groups is 1. The minimum Gasteiger partial charge on any atom is -0.298 e. The Morgan fingerprint density at radius 3 is 1.40 bits per heavy atom. The fourth-order valence-corrected chi connectivity index (χ4v) is 0.354. The largest absolute Gasteiger partial charge is 0.298 e. The third kappa shape index (κ3) is 25.3. The van der Waals surface area contributed by atoms with E-state index in [1.54, 1.807) is 7.05 Å². The zero-order chi connectivity index (χ0) is 8.41. The summed E-state index contributed by atoms with van der Waals surface area (Å²) < 4.78 is 0. The molecule has 0 radical (unpaired) electrons. The van der Waals surface area contributed by atoms with Crippen LogP contribution in [0.1, 0.15) is 47.0 Å². The van der Waals surface area contributed by atoms with Gasteiger partial charge in [-0.05, 0) is 13.8 Å². The Kier molecular flexibility index (Phi) is 14.2. The van der Waals surface area contributed by atoms with Gasteiger partial charge >= 0.3 is 0 Å². The Bertz CT molecular complexity index is 68.8. The van der Waals surface area contributed by atoms with Gasteiger partial charge in [0.05, 0.1) is 0 Å². The Balaban J connectivity index is 0. The maximum Gasteiger partial charge on any atom is 0.0276 e. The molecule has 0 aliphatic heterocycles. The van der Waals surface area contributed by atoms with Crippen LogP contribution in [0.4, 0.5) is 0 Å². The standard InChI is InChI=1S/C5H12.C4H9N/c1-3-5-4-2;1-4(2)5-3/h3-5H2,1-2H3;1-3H3. The molecule has 0 aromatic rings. The molecule has 62 valence electrons. The molecule has 0 amide bonds. The van der Waals surface area contributed by atoms with Crippen molar-refractivity contribution < 1.29 is 0 Å². The van der Waals surface area contributed by atoms with E-state index in [0.717, 1.165) is 5.71 Å². The second-order valence-electron chi connectivity index (χ2n) is 2.52. The molecule has 0 atom stereocenters. The fourth-order valence-electron chi connectivity index (χ4n) is 0.354. The van der Waals surface area contributed by atoms with E-state index in [1.165, 1.54) is 19.3 Å². The molecule has 0 aromatic heterocycles. The van der Waals surface area contributed by atoms with Crippen LogP contribution in [0.15, 0.2) is 4.99 Å². The molecule has 0 aromatic carbocycles. The van der Waals surface area contributed by atoms with Crippen LogP contribution in [0.3, 0.4) is 0 Å². The van der Waals surface area contributed by atoms with Gasteiger partial charge in [0.25, 0.3) is 0 Å². The lowest BCUT2D eigenvalue weighted by atomic mass is 10.3. The minimum absolute atomic E-state index is 1.13. The zero-order valence-corrected chi connectivity index (χ0v) is 8.07. The normalized spacial score (nSPS) is 7.70. The number of hydrogen-bond donors (Lipinski definition) is 0. The topological polar surface area (TPSA) is 12.4 Å². The summed E-state index contributed by atoms with van der Waals surface area (Å²) >= 11 is 0. The lowest BCUT2D eigenvalue weighted by Crippen LogP contribution is -1.74. The zero-order valence-electron chi connectivity index (χ0n) is 8.07. The van der Waals surface area contributed by atoms with E-state index in [1.807, 2.05) is 13.8 Å². The van der Waals surface area contributed by atoms with Gasteiger partial charge in [-0.3, -0.25) is 4.99 Å². The van der Waals surface area contributed by atoms with Gasteiger partial charge in [-0.1, -0.05) is 33.1 Å². The van der Waals surface area contributed by atoms with Gasteiger partial charge in [0, 0.05) is 12.8 Å². The maximum absolute atomic E-state index is 3.81. The highest BCUT2D eigenvalue weighted by atomic mass is 14.7. The first-order valence-corrected chi connectivity index (χ1v) is 4.09. The van der Waals surface area contributed by atoms with Gasteiger partial charge in [-0.2, -0.15) is 0 Å². The molecule has 0 unspecified atom stereocenters. The molecule has 0 aliphatic carbocycles. The van der Waals surface area contributed by atoms with Crippen LogP contribution in [-0.4, -0.2) is 12.8 Å². The quantitative estimate of drug-likeness (QED) is 0.526. The molecule has 0 rings (SSSR count). The molecule has 0 saturated carbocycles. The summed E-state index contributed by atoms with van der Waals surface area (Å²) in [6, 6.07) is 0. The number of hydrogen-bond acceptors (Lipinski definition) is 1. The van der Waals surface area contributed by atoms with Gasteiger partial charge in [0.15, 0.2) is 0 Å². The molecule has 1 nitrogen and oxygen atoms in total. The van der Waals surface area contributed by atoms with Crippen molar-refractivity contribution in [3.8, 4) is 0 Å². The van der Waals surface area contributed by atoms with Crippen molar-refractivity contribution in [2.24, 2.45) is 4.99 Å². The summed E-state index contributed by atoms with van der Waals surface area (Å²) in [6.45, 7) is 8.37. The van der Waals surface area contributed by atoms with Crippen LogP contribution in [0.25, 0.3) is 0 Å². The van der Waals surface area contributed by atoms with Crippen molar-refractivity contribution in [2.75, 3.05) is 7.05 Å². The van der Waals surface area contributed by atoms with Gasteiger partial charge in [-0.15, -0.1) is 0 Å². The van der Waals surface area contributed by atoms with E-state index in [2.05, 4.69) is 18.8 Å². The third-order valence-electron chi connectivity index (χ3n) is 1.15. The fraction of sp³-hybridized carbons (Fsp3) is 0.889. The summed E-state index contributed by atoms with van der Waals surface area (Å²) in [5.74, 6) is 0. The molecular weight excluding hydrogens is 122 g/mol. The molecule has 0 fully saturated rings. The first kappa shape index (κ1) is 12.4.